The number of aromatic nitrogens is 4. The van der Waals surface area contributed by atoms with Crippen molar-refractivity contribution in [3.8, 4) is 0 Å². The van der Waals surface area contributed by atoms with Crippen LogP contribution in [0, 0.1) is 12.8 Å². The number of nitrogens with zero attached hydrogens (tertiary/aromatic N) is 6. The highest BCUT2D eigenvalue weighted by Gasteiger charge is 2.32. The first-order valence-electron chi connectivity index (χ1n) is 9.62. The number of aryl methyl sites for hydroxylation is 1. The van der Waals surface area contributed by atoms with Gasteiger partial charge in [-0.1, -0.05) is 18.7 Å². The molecule has 0 radical (unpaired) electrons. The lowest BCUT2D eigenvalue weighted by Gasteiger charge is -2.37. The fourth-order valence-electron chi connectivity index (χ4n) is 3.79. The first-order valence-corrected chi connectivity index (χ1v) is 10.6. The Morgan fingerprint density at radius 1 is 1.21 bits per heavy atom. The summed E-state index contributed by atoms with van der Waals surface area (Å²) in [5, 5.41) is 0.731. The molecule has 2 aromatic heterocycles. The molecule has 4 rings (SSSR count). The van der Waals surface area contributed by atoms with Crippen LogP contribution in [-0.4, -0.2) is 62.3 Å². The molecule has 0 bridgehead atoms. The third kappa shape index (κ3) is 3.50. The number of carbonyl (C=O) groups is 1. The second-order valence-electron chi connectivity index (χ2n) is 7.10. The fraction of sp³-hybridized carbons (Fsp3) is 0.526. The van der Waals surface area contributed by atoms with E-state index in [4.69, 9.17) is 0 Å². The number of rotatable bonds is 3. The van der Waals surface area contributed by atoms with Gasteiger partial charge in [-0.3, -0.25) is 14.2 Å². The Labute approximate surface area is 168 Å². The lowest BCUT2D eigenvalue weighted by atomic mass is 10.1. The number of piperazine rings is 1. The highest BCUT2D eigenvalue weighted by Crippen LogP contribution is 2.27. The molecule has 0 aromatic carbocycles. The van der Waals surface area contributed by atoms with Crippen molar-refractivity contribution < 1.29 is 4.79 Å². The van der Waals surface area contributed by atoms with E-state index in [-0.39, 0.29) is 17.4 Å². The SMILES string of the molecule is CCc1c(C)nc2n(c1=O)C[C@H](C(=O)N1CCN(c3ncccn3)CC1)CS2. The third-order valence-corrected chi connectivity index (χ3v) is 6.52. The summed E-state index contributed by atoms with van der Waals surface area (Å²) in [6, 6.07) is 1.80. The van der Waals surface area contributed by atoms with E-state index in [9.17, 15) is 9.59 Å². The summed E-state index contributed by atoms with van der Waals surface area (Å²) in [6.45, 7) is 6.99. The van der Waals surface area contributed by atoms with Gasteiger partial charge in [-0.05, 0) is 19.4 Å². The molecule has 0 aliphatic carbocycles. The van der Waals surface area contributed by atoms with Crippen molar-refractivity contribution >= 4 is 23.6 Å². The van der Waals surface area contributed by atoms with E-state index in [1.54, 1.807) is 23.0 Å². The Hall–Kier alpha value is -2.42. The van der Waals surface area contributed by atoms with Crippen LogP contribution in [0.2, 0.25) is 0 Å². The van der Waals surface area contributed by atoms with Crippen LogP contribution >= 0.6 is 11.8 Å². The van der Waals surface area contributed by atoms with E-state index < -0.39 is 0 Å². The Morgan fingerprint density at radius 3 is 2.61 bits per heavy atom. The van der Waals surface area contributed by atoms with Crippen LogP contribution in [0.5, 0.6) is 0 Å². The number of fused-ring (bicyclic) bond motifs is 1. The van der Waals surface area contributed by atoms with E-state index in [0.717, 1.165) is 16.4 Å². The van der Waals surface area contributed by atoms with E-state index in [0.29, 0.717) is 50.8 Å². The van der Waals surface area contributed by atoms with Gasteiger partial charge in [0, 0.05) is 62.1 Å². The summed E-state index contributed by atoms with van der Waals surface area (Å²) < 4.78 is 1.69. The summed E-state index contributed by atoms with van der Waals surface area (Å²) >= 11 is 1.51. The predicted molar refractivity (Wildman–Crippen MR) is 108 cm³/mol. The van der Waals surface area contributed by atoms with Crippen LogP contribution < -0.4 is 10.5 Å². The molecule has 0 saturated carbocycles. The zero-order chi connectivity index (χ0) is 19.7. The minimum absolute atomic E-state index is 0.000968. The standard InChI is InChI=1S/C19H24N6O2S/c1-3-15-13(2)22-19-25(17(15)27)11-14(12-28-19)16(26)23-7-9-24(10-8-23)18-20-5-4-6-21-18/h4-6,14H,3,7-12H2,1-2H3/t14-/m0/s1. The van der Waals surface area contributed by atoms with Gasteiger partial charge in [0.2, 0.25) is 11.9 Å². The monoisotopic (exact) mass is 400 g/mol. The van der Waals surface area contributed by atoms with E-state index in [1.807, 2.05) is 18.7 Å². The minimum atomic E-state index is -0.191. The van der Waals surface area contributed by atoms with Gasteiger partial charge in [-0.25, -0.2) is 15.0 Å². The summed E-state index contributed by atoms with van der Waals surface area (Å²) in [5.74, 6) is 1.30. The molecule has 2 aliphatic heterocycles. The number of hydrogen-bond acceptors (Lipinski definition) is 7. The lowest BCUT2D eigenvalue weighted by molar-refractivity contribution is -0.135. The molecular formula is C19H24N6O2S. The summed E-state index contributed by atoms with van der Waals surface area (Å²) in [5.41, 5.74) is 1.55. The summed E-state index contributed by atoms with van der Waals surface area (Å²) in [7, 11) is 0. The van der Waals surface area contributed by atoms with Gasteiger partial charge in [-0.2, -0.15) is 0 Å². The first-order chi connectivity index (χ1) is 13.6. The number of anilines is 1. The van der Waals surface area contributed by atoms with Crippen LogP contribution in [0.4, 0.5) is 5.95 Å². The number of carbonyl (C=O) groups excluding carboxylic acids is 1. The predicted octanol–water partition coefficient (Wildman–Crippen LogP) is 0.975. The molecule has 0 spiro atoms. The van der Waals surface area contributed by atoms with E-state index in [2.05, 4.69) is 19.9 Å². The smallest absolute Gasteiger partial charge is 0.257 e. The van der Waals surface area contributed by atoms with Gasteiger partial charge in [0.25, 0.3) is 5.56 Å². The van der Waals surface area contributed by atoms with Crippen molar-refractivity contribution in [1.82, 2.24) is 24.4 Å². The average Bonchev–Trinajstić information content (AvgIpc) is 2.74. The van der Waals surface area contributed by atoms with Crippen LogP contribution in [0.1, 0.15) is 18.2 Å². The molecule has 28 heavy (non-hydrogen) atoms. The molecule has 4 heterocycles. The summed E-state index contributed by atoms with van der Waals surface area (Å²) in [4.78, 5) is 43.0. The van der Waals surface area contributed by atoms with Crippen molar-refractivity contribution in [2.24, 2.45) is 5.92 Å². The molecule has 1 fully saturated rings. The quantitative estimate of drug-likeness (QED) is 0.710. The maximum Gasteiger partial charge on any atom is 0.257 e. The molecule has 1 atom stereocenters. The summed E-state index contributed by atoms with van der Waals surface area (Å²) in [6.07, 6.45) is 4.12. The molecule has 9 heteroatoms. The van der Waals surface area contributed by atoms with Crippen molar-refractivity contribution in [2.75, 3.05) is 36.8 Å². The molecule has 2 aromatic rings. The fourth-order valence-corrected chi connectivity index (χ4v) is 4.90. The molecule has 1 amide bonds. The molecule has 0 N–H and O–H groups in total. The molecular weight excluding hydrogens is 376 g/mol. The Kier molecular flexibility index (Phi) is 5.34. The number of hydrogen-bond donors (Lipinski definition) is 0. The van der Waals surface area contributed by atoms with Crippen LogP contribution in [0.3, 0.4) is 0 Å². The van der Waals surface area contributed by atoms with E-state index >= 15 is 0 Å². The first kappa shape index (κ1) is 18.9. The topological polar surface area (TPSA) is 84.2 Å². The minimum Gasteiger partial charge on any atom is -0.339 e. The van der Waals surface area contributed by atoms with Gasteiger partial charge in [0.1, 0.15) is 0 Å². The Morgan fingerprint density at radius 2 is 1.93 bits per heavy atom. The zero-order valence-corrected chi connectivity index (χ0v) is 17.0. The van der Waals surface area contributed by atoms with Gasteiger partial charge < -0.3 is 9.80 Å². The number of amides is 1. The third-order valence-electron chi connectivity index (χ3n) is 5.38. The van der Waals surface area contributed by atoms with E-state index in [1.165, 1.54) is 11.8 Å². The Bertz CT molecular complexity index is 924. The van der Waals surface area contributed by atoms with Gasteiger partial charge >= 0.3 is 0 Å². The molecule has 148 valence electrons. The van der Waals surface area contributed by atoms with Crippen molar-refractivity contribution in [1.29, 1.82) is 0 Å². The largest absolute Gasteiger partial charge is 0.339 e. The average molecular weight is 401 g/mol. The van der Waals surface area contributed by atoms with Crippen LogP contribution in [0.15, 0.2) is 28.4 Å². The number of thioether (sulfide) groups is 1. The maximum absolute atomic E-state index is 13.1. The van der Waals surface area contributed by atoms with Crippen molar-refractivity contribution in [2.45, 2.75) is 32.0 Å². The zero-order valence-electron chi connectivity index (χ0n) is 16.2. The second-order valence-corrected chi connectivity index (χ2v) is 8.08. The lowest BCUT2D eigenvalue weighted by Crippen LogP contribution is -2.52. The van der Waals surface area contributed by atoms with Gasteiger partial charge in [0.05, 0.1) is 5.92 Å². The second kappa shape index (κ2) is 7.90. The maximum atomic E-state index is 13.1. The molecule has 8 nitrogen and oxygen atoms in total. The molecule has 0 unspecified atom stereocenters. The van der Waals surface area contributed by atoms with Crippen LogP contribution in [-0.2, 0) is 17.8 Å². The highest BCUT2D eigenvalue weighted by atomic mass is 32.2. The van der Waals surface area contributed by atoms with Crippen molar-refractivity contribution in [3.63, 3.8) is 0 Å². The molecule has 2 aliphatic rings. The normalized spacial score (nSPS) is 19.4. The Balaban J connectivity index is 1.44. The highest BCUT2D eigenvalue weighted by molar-refractivity contribution is 7.99. The van der Waals surface area contributed by atoms with Gasteiger partial charge in [-0.15, -0.1) is 0 Å². The van der Waals surface area contributed by atoms with Gasteiger partial charge in [0.15, 0.2) is 5.16 Å². The van der Waals surface area contributed by atoms with Crippen LogP contribution in [0.25, 0.3) is 0 Å². The molecule has 1 saturated heterocycles. The van der Waals surface area contributed by atoms with Crippen molar-refractivity contribution in [3.05, 3.63) is 40.1 Å².